The van der Waals surface area contributed by atoms with E-state index < -0.39 is 11.6 Å². The molecule has 0 saturated carbocycles. The number of methoxy groups -OCH3 is 1. The lowest BCUT2D eigenvalue weighted by atomic mass is 10.0. The van der Waals surface area contributed by atoms with Crippen molar-refractivity contribution in [1.29, 1.82) is 0 Å². The van der Waals surface area contributed by atoms with Crippen molar-refractivity contribution in [2.75, 3.05) is 7.11 Å². The van der Waals surface area contributed by atoms with Crippen LogP contribution in [0.5, 0.6) is 0 Å². The Kier molecular flexibility index (Phi) is 2.85. The summed E-state index contributed by atoms with van der Waals surface area (Å²) in [6.45, 7) is 3.64. The largest absolute Gasteiger partial charge is 0.475 e. The second-order valence-corrected chi connectivity index (χ2v) is 3.02. The highest BCUT2D eigenvalue weighted by Crippen LogP contribution is 2.26. The van der Waals surface area contributed by atoms with Gasteiger partial charge in [-0.25, -0.2) is 4.79 Å². The summed E-state index contributed by atoms with van der Waals surface area (Å²) < 4.78 is 9.98. The second kappa shape index (κ2) is 3.75. The Hall–Kier alpha value is -1.43. The molecule has 0 aliphatic rings. The van der Waals surface area contributed by atoms with E-state index in [0.717, 1.165) is 0 Å². The van der Waals surface area contributed by atoms with Crippen molar-refractivity contribution in [2.45, 2.75) is 25.9 Å². The van der Waals surface area contributed by atoms with Gasteiger partial charge in [-0.3, -0.25) is 0 Å². The van der Waals surface area contributed by atoms with Crippen LogP contribution in [0.3, 0.4) is 0 Å². The molecule has 1 atom stereocenters. The number of carboxylic acids is 1. The van der Waals surface area contributed by atoms with Gasteiger partial charge in [0, 0.05) is 7.11 Å². The van der Waals surface area contributed by atoms with Crippen LogP contribution in [-0.4, -0.2) is 28.3 Å². The molecule has 1 N–H and O–H groups in total. The maximum Gasteiger partial charge on any atom is 0.377 e. The van der Waals surface area contributed by atoms with Crippen LogP contribution in [-0.2, 0) is 10.3 Å². The smallest absolute Gasteiger partial charge is 0.377 e. The molecule has 0 spiro atoms. The number of carboxylic acid groups (broad SMARTS) is 1. The van der Waals surface area contributed by atoms with Gasteiger partial charge in [0.25, 0.3) is 11.7 Å². The van der Waals surface area contributed by atoms with E-state index in [1.807, 2.05) is 6.92 Å². The topological polar surface area (TPSA) is 85.5 Å². The van der Waals surface area contributed by atoms with Crippen LogP contribution in [0.1, 0.15) is 36.8 Å². The van der Waals surface area contributed by atoms with Gasteiger partial charge in [0.2, 0.25) is 0 Å². The molecule has 14 heavy (non-hydrogen) atoms. The van der Waals surface area contributed by atoms with Gasteiger partial charge in [-0.15, -0.1) is 0 Å². The van der Waals surface area contributed by atoms with E-state index in [-0.39, 0.29) is 11.7 Å². The fraction of sp³-hybridized carbons (Fsp3) is 0.625. The molecule has 1 aromatic rings. The molecule has 0 aromatic carbocycles. The molecule has 6 heteroatoms. The molecule has 1 unspecified atom stereocenters. The number of hydrogen-bond donors (Lipinski definition) is 1. The van der Waals surface area contributed by atoms with Crippen molar-refractivity contribution in [3.8, 4) is 0 Å². The Balaban J connectivity index is 3.01. The first-order valence-corrected chi connectivity index (χ1v) is 4.16. The molecule has 0 saturated heterocycles. The standard InChI is InChI=1S/C8H12N2O4/c1-4-8(2,13-3)7-9-5(6(11)12)10-14-7/h4H2,1-3H3,(H,11,12). The van der Waals surface area contributed by atoms with Crippen molar-refractivity contribution >= 4 is 5.97 Å². The fourth-order valence-electron chi connectivity index (χ4n) is 0.908. The average Bonchev–Trinajstić information content (AvgIpc) is 2.66. The molecule has 6 nitrogen and oxygen atoms in total. The van der Waals surface area contributed by atoms with Crippen molar-refractivity contribution in [3.63, 3.8) is 0 Å². The van der Waals surface area contributed by atoms with Crippen molar-refractivity contribution in [1.82, 2.24) is 10.1 Å². The normalized spacial score (nSPS) is 15.1. The van der Waals surface area contributed by atoms with E-state index in [2.05, 4.69) is 10.1 Å². The van der Waals surface area contributed by atoms with Crippen molar-refractivity contribution < 1.29 is 19.2 Å². The van der Waals surface area contributed by atoms with E-state index in [4.69, 9.17) is 14.4 Å². The number of aromatic carboxylic acids is 1. The minimum atomic E-state index is -1.21. The number of hydrogen-bond acceptors (Lipinski definition) is 5. The molecule has 1 heterocycles. The summed E-state index contributed by atoms with van der Waals surface area (Å²) in [4.78, 5) is 14.2. The number of nitrogens with zero attached hydrogens (tertiary/aromatic N) is 2. The van der Waals surface area contributed by atoms with Crippen molar-refractivity contribution in [2.24, 2.45) is 0 Å². The third kappa shape index (κ3) is 1.74. The summed E-state index contributed by atoms with van der Waals surface area (Å²) in [5.41, 5.74) is -0.722. The van der Waals surface area contributed by atoms with Gasteiger partial charge >= 0.3 is 5.97 Å². The summed E-state index contributed by atoms with van der Waals surface area (Å²) in [6, 6.07) is 0. The zero-order valence-electron chi connectivity index (χ0n) is 8.27. The fourth-order valence-corrected chi connectivity index (χ4v) is 0.908. The second-order valence-electron chi connectivity index (χ2n) is 3.02. The highest BCUT2D eigenvalue weighted by molar-refractivity contribution is 5.82. The van der Waals surface area contributed by atoms with E-state index in [1.165, 1.54) is 7.11 Å². The summed E-state index contributed by atoms with van der Waals surface area (Å²) >= 11 is 0. The Morgan fingerprint density at radius 3 is 2.71 bits per heavy atom. The zero-order valence-corrected chi connectivity index (χ0v) is 8.27. The van der Waals surface area contributed by atoms with E-state index in [9.17, 15) is 4.79 Å². The zero-order chi connectivity index (χ0) is 10.8. The summed E-state index contributed by atoms with van der Waals surface area (Å²) in [5, 5.41) is 11.9. The SMILES string of the molecule is CCC(C)(OC)c1nc(C(=O)O)no1. The number of rotatable bonds is 4. The summed E-state index contributed by atoms with van der Waals surface area (Å²) in [7, 11) is 1.51. The van der Waals surface area contributed by atoms with Gasteiger partial charge in [-0.2, -0.15) is 4.98 Å². The molecule has 1 aromatic heterocycles. The van der Waals surface area contributed by atoms with E-state index in [1.54, 1.807) is 6.92 Å². The number of aromatic nitrogens is 2. The van der Waals surface area contributed by atoms with Gasteiger partial charge < -0.3 is 14.4 Å². The number of carbonyl (C=O) groups is 1. The molecule has 0 radical (unpaired) electrons. The Bertz CT molecular complexity index is 330. The van der Waals surface area contributed by atoms with E-state index in [0.29, 0.717) is 6.42 Å². The first-order valence-electron chi connectivity index (χ1n) is 4.16. The maximum absolute atomic E-state index is 10.5. The molecule has 0 aliphatic heterocycles. The van der Waals surface area contributed by atoms with Crippen LogP contribution in [0.4, 0.5) is 0 Å². The third-order valence-electron chi connectivity index (χ3n) is 2.19. The van der Waals surface area contributed by atoms with Crippen molar-refractivity contribution in [3.05, 3.63) is 11.7 Å². The molecular weight excluding hydrogens is 188 g/mol. The summed E-state index contributed by atoms with van der Waals surface area (Å²) in [6.07, 6.45) is 0.616. The van der Waals surface area contributed by atoms with E-state index >= 15 is 0 Å². The lowest BCUT2D eigenvalue weighted by Gasteiger charge is -2.21. The maximum atomic E-state index is 10.5. The van der Waals surface area contributed by atoms with Crippen LogP contribution >= 0.6 is 0 Å². The van der Waals surface area contributed by atoms with Crippen LogP contribution in [0.2, 0.25) is 0 Å². The lowest BCUT2D eigenvalue weighted by Crippen LogP contribution is -2.23. The first-order chi connectivity index (χ1) is 6.53. The Labute approximate surface area is 80.9 Å². The highest BCUT2D eigenvalue weighted by atomic mass is 16.5. The first kappa shape index (κ1) is 10.6. The predicted octanol–water partition coefficient (Wildman–Crippen LogP) is 1.04. The number of ether oxygens (including phenoxy) is 1. The molecular formula is C8H12N2O4. The Morgan fingerprint density at radius 2 is 2.36 bits per heavy atom. The monoisotopic (exact) mass is 200 g/mol. The van der Waals surface area contributed by atoms with Gasteiger partial charge in [-0.05, 0) is 18.5 Å². The highest BCUT2D eigenvalue weighted by Gasteiger charge is 2.31. The van der Waals surface area contributed by atoms with Crippen LogP contribution < -0.4 is 0 Å². The minimum absolute atomic E-state index is 0.180. The lowest BCUT2D eigenvalue weighted by molar-refractivity contribution is -0.0272. The van der Waals surface area contributed by atoms with Gasteiger partial charge in [0.15, 0.2) is 0 Å². The molecule has 1 rings (SSSR count). The van der Waals surface area contributed by atoms with Crippen LogP contribution in [0.25, 0.3) is 0 Å². The van der Waals surface area contributed by atoms with Crippen LogP contribution in [0, 0.1) is 0 Å². The molecule has 0 fully saturated rings. The van der Waals surface area contributed by atoms with Gasteiger partial charge in [0.05, 0.1) is 0 Å². The van der Waals surface area contributed by atoms with Gasteiger partial charge in [0.1, 0.15) is 5.60 Å². The van der Waals surface area contributed by atoms with Crippen LogP contribution in [0.15, 0.2) is 4.52 Å². The minimum Gasteiger partial charge on any atom is -0.475 e. The molecule has 0 aliphatic carbocycles. The average molecular weight is 200 g/mol. The predicted molar refractivity (Wildman–Crippen MR) is 45.9 cm³/mol. The molecule has 78 valence electrons. The van der Waals surface area contributed by atoms with Gasteiger partial charge in [-0.1, -0.05) is 6.92 Å². The quantitative estimate of drug-likeness (QED) is 0.781. The molecule has 0 bridgehead atoms. The third-order valence-corrected chi connectivity index (χ3v) is 2.19. The molecule has 0 amide bonds. The summed E-state index contributed by atoms with van der Waals surface area (Å²) in [5.74, 6) is -1.38. The Morgan fingerprint density at radius 1 is 1.71 bits per heavy atom.